The second-order valence-electron chi connectivity index (χ2n) is 4.05. The maximum atomic E-state index is 12.2. The number of aromatic amines is 2. The molecule has 0 bridgehead atoms. The lowest BCUT2D eigenvalue weighted by molar-refractivity contribution is -0.140. The van der Waals surface area contributed by atoms with Crippen molar-refractivity contribution in [2.24, 2.45) is 0 Å². The van der Waals surface area contributed by atoms with E-state index in [0.717, 1.165) is 10.5 Å². The maximum Gasteiger partial charge on any atom is 0.325 e. The SMILES string of the molecule is O=C(O)[C@H]1CCCN1S(=O)(=O)c1c[nH]c(=O)[nH]c1=O. The standard InChI is InChI=1S/C9H11N3O6S/c13-7-6(4-10-9(16)11-7)19(17,18)12-3-1-2-5(12)8(14)15/h4-5H,1-3H2,(H,14,15)(H2,10,11,13,16)/t5-/m1/s1. The minimum Gasteiger partial charge on any atom is -0.480 e. The summed E-state index contributed by atoms with van der Waals surface area (Å²) in [5.41, 5.74) is -1.90. The highest BCUT2D eigenvalue weighted by molar-refractivity contribution is 7.89. The molecule has 0 radical (unpaired) electrons. The van der Waals surface area contributed by atoms with Crippen molar-refractivity contribution in [1.29, 1.82) is 0 Å². The van der Waals surface area contributed by atoms with Gasteiger partial charge in [-0.2, -0.15) is 4.31 Å². The van der Waals surface area contributed by atoms with E-state index in [1.165, 1.54) is 0 Å². The summed E-state index contributed by atoms with van der Waals surface area (Å²) in [4.78, 5) is 36.5. The molecule has 1 aromatic rings. The fourth-order valence-corrected chi connectivity index (χ4v) is 3.64. The second-order valence-corrected chi connectivity index (χ2v) is 5.91. The molecule has 1 aliphatic heterocycles. The Kier molecular flexibility index (Phi) is 3.28. The van der Waals surface area contributed by atoms with Gasteiger partial charge in [0, 0.05) is 12.7 Å². The lowest BCUT2D eigenvalue weighted by Crippen LogP contribution is -2.42. The Morgan fingerprint density at radius 3 is 2.68 bits per heavy atom. The number of hydrogen-bond acceptors (Lipinski definition) is 5. The van der Waals surface area contributed by atoms with E-state index in [4.69, 9.17) is 5.11 Å². The molecule has 1 fully saturated rings. The first kappa shape index (κ1) is 13.5. The number of aliphatic carboxylic acids is 1. The average Bonchev–Trinajstić information content (AvgIpc) is 2.77. The number of carboxylic acids is 1. The van der Waals surface area contributed by atoms with Gasteiger partial charge >= 0.3 is 11.7 Å². The largest absolute Gasteiger partial charge is 0.480 e. The quantitative estimate of drug-likeness (QED) is 0.606. The van der Waals surface area contributed by atoms with Crippen molar-refractivity contribution in [3.63, 3.8) is 0 Å². The van der Waals surface area contributed by atoms with Crippen LogP contribution in [0.3, 0.4) is 0 Å². The Hall–Kier alpha value is -1.94. The second kappa shape index (κ2) is 4.63. The molecule has 19 heavy (non-hydrogen) atoms. The topological polar surface area (TPSA) is 140 Å². The van der Waals surface area contributed by atoms with E-state index in [1.54, 1.807) is 4.98 Å². The smallest absolute Gasteiger partial charge is 0.325 e. The van der Waals surface area contributed by atoms with E-state index in [0.29, 0.717) is 6.42 Å². The van der Waals surface area contributed by atoms with Gasteiger partial charge in [-0.1, -0.05) is 0 Å². The highest BCUT2D eigenvalue weighted by Gasteiger charge is 2.40. The van der Waals surface area contributed by atoms with E-state index in [9.17, 15) is 22.8 Å². The van der Waals surface area contributed by atoms with Crippen LogP contribution in [-0.2, 0) is 14.8 Å². The van der Waals surface area contributed by atoms with Gasteiger partial charge in [0.1, 0.15) is 6.04 Å². The predicted molar refractivity (Wildman–Crippen MR) is 62.2 cm³/mol. The van der Waals surface area contributed by atoms with Crippen LogP contribution in [0.15, 0.2) is 20.7 Å². The van der Waals surface area contributed by atoms with Gasteiger partial charge in [-0.05, 0) is 12.8 Å². The van der Waals surface area contributed by atoms with E-state index in [1.807, 2.05) is 4.98 Å². The van der Waals surface area contributed by atoms with Crippen molar-refractivity contribution in [1.82, 2.24) is 14.3 Å². The Balaban J connectivity index is 2.51. The average molecular weight is 289 g/mol. The third-order valence-corrected chi connectivity index (χ3v) is 4.77. The van der Waals surface area contributed by atoms with Gasteiger partial charge in [-0.25, -0.2) is 13.2 Å². The van der Waals surface area contributed by atoms with Crippen molar-refractivity contribution >= 4 is 16.0 Å². The van der Waals surface area contributed by atoms with Crippen molar-refractivity contribution in [3.05, 3.63) is 27.0 Å². The van der Waals surface area contributed by atoms with Crippen LogP contribution in [0.4, 0.5) is 0 Å². The number of H-pyrrole nitrogens is 2. The minimum atomic E-state index is -4.24. The van der Waals surface area contributed by atoms with E-state index in [-0.39, 0.29) is 13.0 Å². The number of carboxylic acid groups (broad SMARTS) is 1. The molecular formula is C9H11N3O6S. The number of hydrogen-bond donors (Lipinski definition) is 3. The first-order valence-electron chi connectivity index (χ1n) is 5.40. The van der Waals surface area contributed by atoms with E-state index in [2.05, 4.69) is 0 Å². The highest BCUT2D eigenvalue weighted by atomic mass is 32.2. The molecule has 1 saturated heterocycles. The van der Waals surface area contributed by atoms with Gasteiger partial charge in [0.15, 0.2) is 4.90 Å². The van der Waals surface area contributed by atoms with Gasteiger partial charge in [0.25, 0.3) is 15.6 Å². The number of nitrogens with zero attached hydrogens (tertiary/aromatic N) is 1. The third-order valence-electron chi connectivity index (χ3n) is 2.86. The summed E-state index contributed by atoms with van der Waals surface area (Å²) >= 11 is 0. The first-order valence-corrected chi connectivity index (χ1v) is 6.84. The third kappa shape index (κ3) is 2.31. The molecule has 0 aromatic carbocycles. The monoisotopic (exact) mass is 289 g/mol. The molecule has 0 saturated carbocycles. The van der Waals surface area contributed by atoms with Crippen molar-refractivity contribution in [2.75, 3.05) is 6.54 Å². The predicted octanol–water partition coefficient (Wildman–Crippen LogP) is -1.70. The maximum absolute atomic E-state index is 12.2. The fourth-order valence-electron chi connectivity index (χ4n) is 1.99. The first-order chi connectivity index (χ1) is 8.84. The van der Waals surface area contributed by atoms with Gasteiger partial charge in [0.2, 0.25) is 0 Å². The molecule has 0 spiro atoms. The summed E-state index contributed by atoms with van der Waals surface area (Å²) in [6, 6.07) is -1.18. The summed E-state index contributed by atoms with van der Waals surface area (Å²) in [5.74, 6) is -1.26. The molecule has 2 heterocycles. The summed E-state index contributed by atoms with van der Waals surface area (Å²) < 4.78 is 25.2. The summed E-state index contributed by atoms with van der Waals surface area (Å²) in [5, 5.41) is 8.96. The minimum absolute atomic E-state index is 0.0257. The fraction of sp³-hybridized carbons (Fsp3) is 0.444. The van der Waals surface area contributed by atoms with Gasteiger partial charge in [-0.3, -0.25) is 14.6 Å². The zero-order valence-corrected chi connectivity index (χ0v) is 10.4. The van der Waals surface area contributed by atoms with Crippen LogP contribution in [0, 0.1) is 0 Å². The van der Waals surface area contributed by atoms with Crippen molar-refractivity contribution < 1.29 is 18.3 Å². The molecule has 0 aliphatic carbocycles. The van der Waals surface area contributed by atoms with Crippen LogP contribution in [0.2, 0.25) is 0 Å². The van der Waals surface area contributed by atoms with Gasteiger partial charge in [-0.15, -0.1) is 0 Å². The van der Waals surface area contributed by atoms with Crippen LogP contribution in [0.1, 0.15) is 12.8 Å². The van der Waals surface area contributed by atoms with Gasteiger partial charge in [0.05, 0.1) is 0 Å². The summed E-state index contributed by atoms with van der Waals surface area (Å²) in [6.07, 6.45) is 1.36. The number of nitrogens with one attached hydrogen (secondary N) is 2. The number of sulfonamides is 1. The summed E-state index contributed by atoms with van der Waals surface area (Å²) in [6.45, 7) is 0.0257. The lowest BCUT2D eigenvalue weighted by Gasteiger charge is -2.20. The molecule has 10 heteroatoms. The number of aromatic nitrogens is 2. The Labute approximate surface area is 106 Å². The van der Waals surface area contributed by atoms with Crippen molar-refractivity contribution in [3.8, 4) is 0 Å². The Morgan fingerprint density at radius 1 is 1.42 bits per heavy atom. The van der Waals surface area contributed by atoms with Crippen LogP contribution in [0.25, 0.3) is 0 Å². The lowest BCUT2D eigenvalue weighted by atomic mass is 10.2. The molecule has 1 aromatic heterocycles. The van der Waals surface area contributed by atoms with Crippen molar-refractivity contribution in [2.45, 2.75) is 23.8 Å². The van der Waals surface area contributed by atoms with Crippen LogP contribution >= 0.6 is 0 Å². The van der Waals surface area contributed by atoms with Crippen LogP contribution in [0.5, 0.6) is 0 Å². The molecule has 1 aliphatic rings. The highest BCUT2D eigenvalue weighted by Crippen LogP contribution is 2.24. The zero-order chi connectivity index (χ0) is 14.2. The Morgan fingerprint density at radius 2 is 2.11 bits per heavy atom. The molecule has 0 unspecified atom stereocenters. The zero-order valence-electron chi connectivity index (χ0n) is 9.62. The number of rotatable bonds is 3. The molecule has 2 rings (SSSR count). The molecular weight excluding hydrogens is 278 g/mol. The van der Waals surface area contributed by atoms with Crippen LogP contribution in [-0.4, -0.2) is 46.4 Å². The molecule has 0 amide bonds. The van der Waals surface area contributed by atoms with E-state index < -0.39 is 38.2 Å². The van der Waals surface area contributed by atoms with Crippen LogP contribution < -0.4 is 11.2 Å². The molecule has 1 atom stereocenters. The molecule has 3 N–H and O–H groups in total. The Bertz CT molecular complexity index is 718. The summed E-state index contributed by atoms with van der Waals surface area (Å²) in [7, 11) is -4.24. The molecule has 104 valence electrons. The van der Waals surface area contributed by atoms with Gasteiger partial charge < -0.3 is 10.1 Å². The molecule has 9 nitrogen and oxygen atoms in total. The number of carbonyl (C=O) groups is 1. The van der Waals surface area contributed by atoms with E-state index >= 15 is 0 Å². The normalized spacial score (nSPS) is 20.5.